The van der Waals surface area contributed by atoms with Crippen molar-refractivity contribution in [1.29, 1.82) is 0 Å². The van der Waals surface area contributed by atoms with Gasteiger partial charge in [-0.2, -0.15) is 4.31 Å². The summed E-state index contributed by atoms with van der Waals surface area (Å²) in [5.74, 6) is -0.323. The van der Waals surface area contributed by atoms with Crippen LogP contribution < -0.4 is 0 Å². The highest BCUT2D eigenvalue weighted by atomic mass is 32.2. The molecule has 1 aromatic rings. The smallest absolute Gasteiger partial charge is 0.220 e. The summed E-state index contributed by atoms with van der Waals surface area (Å²) in [6.45, 7) is 4.43. The molecule has 1 aromatic carbocycles. The van der Waals surface area contributed by atoms with Gasteiger partial charge in [-0.15, -0.1) is 0 Å². The molecule has 6 heteroatoms. The highest BCUT2D eigenvalue weighted by Gasteiger charge is 2.43. The van der Waals surface area contributed by atoms with Crippen LogP contribution in [0.3, 0.4) is 0 Å². The number of sulfonamides is 1. The van der Waals surface area contributed by atoms with Crippen LogP contribution in [0.5, 0.6) is 0 Å². The van der Waals surface area contributed by atoms with Gasteiger partial charge in [-0.1, -0.05) is 12.1 Å². The molecule has 4 nitrogen and oxygen atoms in total. The maximum atomic E-state index is 14.1. The summed E-state index contributed by atoms with van der Waals surface area (Å²) in [5, 5.41) is -0.520. The normalized spacial score (nSPS) is 30.3. The van der Waals surface area contributed by atoms with E-state index in [9.17, 15) is 12.8 Å². The van der Waals surface area contributed by atoms with E-state index in [1.165, 1.54) is 10.4 Å². The standard InChI is InChI=1S/C15H20FNO3S/c1-10-15-12(4-3-5-13(15)16)6-8-17(10)21(18,19)14-7-9-20-11(14)2/h3-5,10-11,14H,6-9H2,1-2H3/t10-,11+,14-/m1/s1. The molecule has 2 heterocycles. The number of benzene rings is 1. The first-order valence-corrected chi connectivity index (χ1v) is 8.83. The molecule has 2 aliphatic heterocycles. The van der Waals surface area contributed by atoms with Crippen LogP contribution in [0.25, 0.3) is 0 Å². The second kappa shape index (κ2) is 5.34. The van der Waals surface area contributed by atoms with Crippen molar-refractivity contribution in [1.82, 2.24) is 4.31 Å². The molecule has 0 aliphatic carbocycles. The SMILES string of the molecule is C[C@@H]1OCC[C@H]1S(=O)(=O)N1CCc2cccc(F)c2[C@H]1C. The first-order valence-electron chi connectivity index (χ1n) is 7.32. The number of ether oxygens (including phenoxy) is 1. The van der Waals surface area contributed by atoms with E-state index in [0.717, 1.165) is 5.56 Å². The molecular weight excluding hydrogens is 293 g/mol. The average molecular weight is 313 g/mol. The van der Waals surface area contributed by atoms with Gasteiger partial charge < -0.3 is 4.74 Å². The first-order chi connectivity index (χ1) is 9.93. The number of halogens is 1. The lowest BCUT2D eigenvalue weighted by molar-refractivity contribution is 0.125. The Morgan fingerprint density at radius 3 is 2.76 bits per heavy atom. The molecule has 0 aromatic heterocycles. The van der Waals surface area contributed by atoms with Gasteiger partial charge in [0, 0.05) is 18.7 Å². The molecule has 0 unspecified atom stereocenters. The van der Waals surface area contributed by atoms with E-state index >= 15 is 0 Å². The van der Waals surface area contributed by atoms with Crippen molar-refractivity contribution in [3.05, 3.63) is 35.1 Å². The molecule has 21 heavy (non-hydrogen) atoms. The minimum atomic E-state index is -3.48. The molecule has 0 amide bonds. The Morgan fingerprint density at radius 2 is 2.10 bits per heavy atom. The lowest BCUT2D eigenvalue weighted by atomic mass is 9.95. The van der Waals surface area contributed by atoms with Crippen molar-refractivity contribution in [3.63, 3.8) is 0 Å². The van der Waals surface area contributed by atoms with Gasteiger partial charge in [-0.05, 0) is 38.3 Å². The van der Waals surface area contributed by atoms with Crippen LogP contribution in [-0.2, 0) is 21.2 Å². The lowest BCUT2D eigenvalue weighted by Crippen LogP contribution is -2.46. The quantitative estimate of drug-likeness (QED) is 0.841. The van der Waals surface area contributed by atoms with Crippen molar-refractivity contribution in [3.8, 4) is 0 Å². The Hall–Kier alpha value is -0.980. The number of fused-ring (bicyclic) bond motifs is 1. The summed E-state index contributed by atoms with van der Waals surface area (Å²) in [5.41, 5.74) is 1.42. The van der Waals surface area contributed by atoms with Crippen LogP contribution in [0.15, 0.2) is 18.2 Å². The summed E-state index contributed by atoms with van der Waals surface area (Å²) in [6.07, 6.45) is 0.763. The van der Waals surface area contributed by atoms with Crippen molar-refractivity contribution in [2.24, 2.45) is 0 Å². The number of hydrogen-bond acceptors (Lipinski definition) is 3. The topological polar surface area (TPSA) is 46.6 Å². The van der Waals surface area contributed by atoms with Crippen molar-refractivity contribution < 1.29 is 17.5 Å². The molecule has 1 fully saturated rings. The van der Waals surface area contributed by atoms with Crippen molar-refractivity contribution >= 4 is 10.0 Å². The van der Waals surface area contributed by atoms with Gasteiger partial charge in [0.25, 0.3) is 0 Å². The van der Waals surface area contributed by atoms with Crippen LogP contribution in [-0.4, -0.2) is 37.2 Å². The Balaban J connectivity index is 1.96. The van der Waals surface area contributed by atoms with Gasteiger partial charge in [0.1, 0.15) is 11.1 Å². The van der Waals surface area contributed by atoms with E-state index in [2.05, 4.69) is 0 Å². The lowest BCUT2D eigenvalue weighted by Gasteiger charge is -2.36. The molecular formula is C15H20FNO3S. The highest BCUT2D eigenvalue weighted by molar-refractivity contribution is 7.89. The fourth-order valence-electron chi connectivity index (χ4n) is 3.46. The summed E-state index contributed by atoms with van der Waals surface area (Å²) in [7, 11) is -3.48. The van der Waals surface area contributed by atoms with E-state index < -0.39 is 21.3 Å². The van der Waals surface area contributed by atoms with Gasteiger partial charge >= 0.3 is 0 Å². The fraction of sp³-hybridized carbons (Fsp3) is 0.600. The summed E-state index contributed by atoms with van der Waals surface area (Å²) in [6, 6.07) is 4.48. The molecule has 0 radical (unpaired) electrons. The zero-order valence-corrected chi connectivity index (χ0v) is 13.1. The zero-order chi connectivity index (χ0) is 15.2. The maximum absolute atomic E-state index is 14.1. The molecule has 3 rings (SSSR count). The molecule has 3 atom stereocenters. The van der Waals surface area contributed by atoms with Crippen molar-refractivity contribution in [2.75, 3.05) is 13.2 Å². The third-order valence-electron chi connectivity index (χ3n) is 4.61. The summed E-state index contributed by atoms with van der Waals surface area (Å²) >= 11 is 0. The number of nitrogens with zero attached hydrogens (tertiary/aromatic N) is 1. The highest BCUT2D eigenvalue weighted by Crippen LogP contribution is 2.36. The largest absolute Gasteiger partial charge is 0.377 e. The third kappa shape index (κ3) is 2.39. The van der Waals surface area contributed by atoms with E-state index in [1.54, 1.807) is 19.9 Å². The molecule has 0 bridgehead atoms. The van der Waals surface area contributed by atoms with Crippen LogP contribution in [0.4, 0.5) is 4.39 Å². The van der Waals surface area contributed by atoms with E-state index in [4.69, 9.17) is 4.74 Å². The Labute approximate surface area is 125 Å². The summed E-state index contributed by atoms with van der Waals surface area (Å²) in [4.78, 5) is 0. The van der Waals surface area contributed by atoms with Crippen LogP contribution in [0.1, 0.15) is 37.4 Å². The van der Waals surface area contributed by atoms with Crippen molar-refractivity contribution in [2.45, 2.75) is 44.1 Å². The predicted octanol–water partition coefficient (Wildman–Crippen LogP) is 2.25. The van der Waals surface area contributed by atoms with E-state index in [0.29, 0.717) is 31.6 Å². The molecule has 0 spiro atoms. The molecule has 2 aliphatic rings. The average Bonchev–Trinajstić information content (AvgIpc) is 2.86. The second-order valence-electron chi connectivity index (χ2n) is 5.80. The van der Waals surface area contributed by atoms with E-state index in [1.807, 2.05) is 6.07 Å². The predicted molar refractivity (Wildman–Crippen MR) is 78.0 cm³/mol. The Morgan fingerprint density at radius 1 is 1.33 bits per heavy atom. The van der Waals surface area contributed by atoms with Crippen LogP contribution in [0.2, 0.25) is 0 Å². The minimum Gasteiger partial charge on any atom is -0.377 e. The van der Waals surface area contributed by atoms with Gasteiger partial charge in [0.15, 0.2) is 0 Å². The van der Waals surface area contributed by atoms with E-state index in [-0.39, 0.29) is 11.9 Å². The van der Waals surface area contributed by atoms with Crippen LogP contribution >= 0.6 is 0 Å². The Bertz CT molecular complexity index is 646. The second-order valence-corrected chi connectivity index (χ2v) is 7.90. The van der Waals surface area contributed by atoms with Gasteiger partial charge in [-0.3, -0.25) is 0 Å². The fourth-order valence-corrected chi connectivity index (χ4v) is 5.66. The monoisotopic (exact) mass is 313 g/mol. The molecule has 116 valence electrons. The van der Waals surface area contributed by atoms with Gasteiger partial charge in [0.05, 0.1) is 12.1 Å². The van der Waals surface area contributed by atoms with Gasteiger partial charge in [0.2, 0.25) is 10.0 Å². The van der Waals surface area contributed by atoms with Gasteiger partial charge in [-0.25, -0.2) is 12.8 Å². The molecule has 0 N–H and O–H groups in total. The summed E-state index contributed by atoms with van der Waals surface area (Å²) < 4.78 is 46.6. The zero-order valence-electron chi connectivity index (χ0n) is 12.3. The molecule has 0 saturated carbocycles. The number of rotatable bonds is 2. The van der Waals surface area contributed by atoms with Crippen LogP contribution in [0, 0.1) is 5.82 Å². The first kappa shape index (κ1) is 14.9. The number of hydrogen-bond donors (Lipinski definition) is 0. The third-order valence-corrected chi connectivity index (χ3v) is 7.15. The minimum absolute atomic E-state index is 0.302. The Kier molecular flexibility index (Phi) is 3.80. The maximum Gasteiger partial charge on any atom is 0.220 e. The molecule has 1 saturated heterocycles.